The van der Waals surface area contributed by atoms with Crippen LogP contribution in [0.25, 0.3) is 11.8 Å². The zero-order chi connectivity index (χ0) is 23.3. The minimum Gasteiger partial charge on any atom is -0.348 e. The van der Waals surface area contributed by atoms with E-state index >= 15 is 0 Å². The Kier molecular flexibility index (Phi) is 7.22. The van der Waals surface area contributed by atoms with Crippen LogP contribution in [0.4, 0.5) is 4.39 Å². The maximum Gasteiger partial charge on any atom is 0.244 e. The van der Waals surface area contributed by atoms with E-state index in [1.54, 1.807) is 47.2 Å². The zero-order valence-corrected chi connectivity index (χ0v) is 18.9. The molecule has 0 aliphatic rings. The third-order valence-corrected chi connectivity index (χ3v) is 6.31. The normalized spacial score (nSPS) is 11.8. The lowest BCUT2D eigenvalue weighted by Gasteiger charge is -2.06. The molecule has 0 radical (unpaired) electrons. The summed E-state index contributed by atoms with van der Waals surface area (Å²) >= 11 is 0. The quantitative estimate of drug-likeness (QED) is 0.510. The summed E-state index contributed by atoms with van der Waals surface area (Å²) in [6, 6.07) is 13.1. The molecule has 1 amide bonds. The van der Waals surface area contributed by atoms with Crippen LogP contribution in [0.1, 0.15) is 28.1 Å². The summed E-state index contributed by atoms with van der Waals surface area (Å²) in [4.78, 5) is 12.3. The molecule has 168 valence electrons. The molecular weight excluding hydrogens is 431 g/mol. The number of halogens is 1. The minimum atomic E-state index is -3.32. The largest absolute Gasteiger partial charge is 0.348 e. The molecule has 0 saturated heterocycles. The number of nitrogens with zero attached hydrogens (tertiary/aromatic N) is 2. The Morgan fingerprint density at radius 2 is 1.69 bits per heavy atom. The van der Waals surface area contributed by atoms with E-state index in [2.05, 4.69) is 15.1 Å². The van der Waals surface area contributed by atoms with Crippen molar-refractivity contribution in [1.29, 1.82) is 0 Å². The Bertz CT molecular complexity index is 1230. The van der Waals surface area contributed by atoms with Crippen molar-refractivity contribution in [1.82, 2.24) is 19.8 Å². The number of sulfonamides is 1. The van der Waals surface area contributed by atoms with Crippen LogP contribution in [0, 0.1) is 19.7 Å². The van der Waals surface area contributed by atoms with Gasteiger partial charge in [-0.3, -0.25) is 4.79 Å². The number of hydrogen-bond acceptors (Lipinski definition) is 4. The first kappa shape index (κ1) is 23.4. The molecule has 0 fully saturated rings. The lowest BCUT2D eigenvalue weighted by Crippen LogP contribution is -2.21. The van der Waals surface area contributed by atoms with Crippen LogP contribution in [0.5, 0.6) is 0 Å². The molecule has 1 heterocycles. The number of rotatable bonds is 8. The second kappa shape index (κ2) is 9.88. The third kappa shape index (κ3) is 5.89. The Morgan fingerprint density at radius 3 is 2.31 bits per heavy atom. The number of nitrogens with one attached hydrogen (secondary N) is 2. The van der Waals surface area contributed by atoms with Crippen molar-refractivity contribution in [3.05, 3.63) is 88.5 Å². The summed E-state index contributed by atoms with van der Waals surface area (Å²) in [5.41, 5.74) is 4.67. The third-order valence-electron chi connectivity index (χ3n) is 4.98. The van der Waals surface area contributed by atoms with E-state index in [9.17, 15) is 17.6 Å². The van der Waals surface area contributed by atoms with Crippen molar-refractivity contribution in [2.24, 2.45) is 0 Å². The minimum absolute atomic E-state index is 0.0941. The van der Waals surface area contributed by atoms with Crippen LogP contribution in [0.2, 0.25) is 0 Å². The summed E-state index contributed by atoms with van der Waals surface area (Å²) in [7, 11) is -1.94. The molecule has 9 heteroatoms. The molecule has 0 aliphatic carbocycles. The number of aromatic nitrogens is 2. The smallest absolute Gasteiger partial charge is 0.244 e. The van der Waals surface area contributed by atoms with Gasteiger partial charge in [-0.25, -0.2) is 22.2 Å². The first-order valence-electron chi connectivity index (χ1n) is 9.95. The van der Waals surface area contributed by atoms with Gasteiger partial charge in [-0.05, 0) is 62.4 Å². The van der Waals surface area contributed by atoms with E-state index in [1.807, 2.05) is 13.8 Å². The molecule has 2 N–H and O–H groups in total. The van der Waals surface area contributed by atoms with E-state index in [1.165, 1.54) is 25.3 Å². The summed E-state index contributed by atoms with van der Waals surface area (Å²) in [6.45, 7) is 4.05. The summed E-state index contributed by atoms with van der Waals surface area (Å²) in [6.07, 6.45) is 3.15. The van der Waals surface area contributed by atoms with E-state index in [4.69, 9.17) is 0 Å². The van der Waals surface area contributed by atoms with Gasteiger partial charge in [-0.2, -0.15) is 5.10 Å². The summed E-state index contributed by atoms with van der Waals surface area (Å²) in [5.74, 6) is -0.673. The molecule has 3 aromatic rings. The summed E-state index contributed by atoms with van der Waals surface area (Å²) in [5, 5.41) is 7.29. The molecule has 0 bridgehead atoms. The van der Waals surface area contributed by atoms with E-state index in [-0.39, 0.29) is 17.5 Å². The molecule has 0 atom stereocenters. The molecule has 32 heavy (non-hydrogen) atoms. The van der Waals surface area contributed by atoms with Gasteiger partial charge in [0.15, 0.2) is 0 Å². The van der Waals surface area contributed by atoms with Crippen molar-refractivity contribution in [3.8, 4) is 5.69 Å². The highest BCUT2D eigenvalue weighted by atomic mass is 32.2. The monoisotopic (exact) mass is 456 g/mol. The second-order valence-electron chi connectivity index (χ2n) is 7.30. The van der Waals surface area contributed by atoms with Gasteiger partial charge in [-0.1, -0.05) is 24.3 Å². The molecule has 0 saturated carbocycles. The lowest BCUT2D eigenvalue weighted by atomic mass is 10.1. The van der Waals surface area contributed by atoms with Crippen LogP contribution < -0.4 is 10.0 Å². The number of aryl methyl sites for hydroxylation is 1. The molecule has 3 rings (SSSR count). The van der Waals surface area contributed by atoms with Gasteiger partial charge >= 0.3 is 0 Å². The van der Waals surface area contributed by atoms with Gasteiger partial charge < -0.3 is 5.32 Å². The Hall–Kier alpha value is -3.30. The first-order valence-corrected chi connectivity index (χ1v) is 11.6. The molecule has 1 aromatic heterocycles. The van der Waals surface area contributed by atoms with Gasteiger partial charge in [-0.15, -0.1) is 0 Å². The van der Waals surface area contributed by atoms with Crippen LogP contribution in [0.15, 0.2) is 54.6 Å². The predicted molar refractivity (Wildman–Crippen MR) is 122 cm³/mol. The highest BCUT2D eigenvalue weighted by molar-refractivity contribution is 7.88. The number of carbonyl (C=O) groups excluding carboxylic acids is 1. The Labute approximate surface area is 187 Å². The molecular formula is C23H25FN4O3S. The zero-order valence-electron chi connectivity index (χ0n) is 18.1. The van der Waals surface area contributed by atoms with Crippen molar-refractivity contribution < 1.29 is 17.6 Å². The molecule has 0 aliphatic heterocycles. The first-order chi connectivity index (χ1) is 15.2. The SMILES string of the molecule is CNS(=O)(=O)Cc1ccc(CNC(=O)/C=C/c2c(C)nn(-c3ccc(F)cc3)c2C)cc1. The van der Waals surface area contributed by atoms with Gasteiger partial charge in [0.2, 0.25) is 15.9 Å². The van der Waals surface area contributed by atoms with Gasteiger partial charge in [0.1, 0.15) is 5.82 Å². The summed E-state index contributed by atoms with van der Waals surface area (Å²) < 4.78 is 40.4. The van der Waals surface area contributed by atoms with Gasteiger partial charge in [0.05, 0.1) is 17.1 Å². The van der Waals surface area contributed by atoms with E-state index in [0.29, 0.717) is 12.1 Å². The van der Waals surface area contributed by atoms with Crippen LogP contribution >= 0.6 is 0 Å². The van der Waals surface area contributed by atoms with Crippen LogP contribution in [-0.4, -0.2) is 31.2 Å². The Morgan fingerprint density at radius 1 is 1.06 bits per heavy atom. The molecule has 0 spiro atoms. The highest BCUT2D eigenvalue weighted by Crippen LogP contribution is 2.19. The maximum absolute atomic E-state index is 13.2. The average Bonchev–Trinajstić information content (AvgIpc) is 3.05. The fraction of sp³-hybridized carbons (Fsp3) is 0.217. The fourth-order valence-electron chi connectivity index (χ4n) is 3.18. The maximum atomic E-state index is 13.2. The van der Waals surface area contributed by atoms with Crippen molar-refractivity contribution in [2.75, 3.05) is 7.05 Å². The number of amides is 1. The van der Waals surface area contributed by atoms with Crippen molar-refractivity contribution in [3.63, 3.8) is 0 Å². The molecule has 7 nitrogen and oxygen atoms in total. The van der Waals surface area contributed by atoms with E-state index < -0.39 is 10.0 Å². The fourth-order valence-corrected chi connectivity index (χ4v) is 3.96. The highest BCUT2D eigenvalue weighted by Gasteiger charge is 2.11. The predicted octanol–water partition coefficient (Wildman–Crippen LogP) is 3.01. The Balaban J connectivity index is 1.62. The average molecular weight is 457 g/mol. The van der Waals surface area contributed by atoms with Gasteiger partial charge in [0.25, 0.3) is 0 Å². The van der Waals surface area contributed by atoms with E-state index in [0.717, 1.165) is 28.2 Å². The molecule has 2 aromatic carbocycles. The standard InChI is InChI=1S/C23H25FN4O3S/c1-16-22(17(2)28(27-16)21-10-8-20(24)9-11-21)12-13-23(29)26-14-18-4-6-19(7-5-18)15-32(30,31)25-3/h4-13,25H,14-15H2,1-3H3,(H,26,29)/b13-12+. The van der Waals surface area contributed by atoms with Crippen LogP contribution in [-0.2, 0) is 27.1 Å². The van der Waals surface area contributed by atoms with Crippen LogP contribution in [0.3, 0.4) is 0 Å². The number of benzene rings is 2. The second-order valence-corrected chi connectivity index (χ2v) is 9.23. The van der Waals surface area contributed by atoms with Crippen molar-refractivity contribution >= 4 is 22.0 Å². The van der Waals surface area contributed by atoms with Gasteiger partial charge in [0, 0.05) is 23.9 Å². The van der Waals surface area contributed by atoms with Crippen molar-refractivity contribution in [2.45, 2.75) is 26.1 Å². The molecule has 0 unspecified atom stereocenters. The number of hydrogen-bond donors (Lipinski definition) is 2. The topological polar surface area (TPSA) is 93.1 Å². The number of carbonyl (C=O) groups is 1. The lowest BCUT2D eigenvalue weighted by molar-refractivity contribution is -0.116.